The minimum absolute atomic E-state index is 0.208. The predicted octanol–water partition coefficient (Wildman–Crippen LogP) is 1.28. The number of rotatable bonds is 3. The van der Waals surface area contributed by atoms with Gasteiger partial charge in [-0.1, -0.05) is 18.2 Å². The molecule has 0 radical (unpaired) electrons. The van der Waals surface area contributed by atoms with E-state index in [4.69, 9.17) is 9.47 Å². The number of hydrogen-bond acceptors (Lipinski definition) is 2. The van der Waals surface area contributed by atoms with E-state index >= 15 is 0 Å². The Hall–Kier alpha value is -0.600. The summed E-state index contributed by atoms with van der Waals surface area (Å²) in [4.78, 5) is 0. The van der Waals surface area contributed by atoms with Crippen molar-refractivity contribution in [3.05, 3.63) is 24.8 Å². The van der Waals surface area contributed by atoms with Crippen molar-refractivity contribution in [3.63, 3.8) is 0 Å². The topological polar surface area (TPSA) is 18.5 Å². The molecule has 2 bridgehead atoms. The minimum Gasteiger partial charge on any atom is -0.371 e. The first kappa shape index (κ1) is 7.07. The van der Waals surface area contributed by atoms with Crippen LogP contribution in [0, 0.1) is 0 Å². The van der Waals surface area contributed by atoms with Gasteiger partial charge in [0, 0.05) is 6.42 Å². The highest BCUT2D eigenvalue weighted by Crippen LogP contribution is 2.30. The molecule has 2 aliphatic rings. The van der Waals surface area contributed by atoms with Gasteiger partial charge in [0.1, 0.15) is 6.10 Å². The molecule has 0 N–H and O–H groups in total. The Balaban J connectivity index is 1.88. The van der Waals surface area contributed by atoms with E-state index in [0.717, 1.165) is 6.42 Å². The summed E-state index contributed by atoms with van der Waals surface area (Å²) < 4.78 is 11.0. The summed E-state index contributed by atoms with van der Waals surface area (Å²) in [5, 5.41) is 0. The molecule has 2 nitrogen and oxygen atoms in total. The summed E-state index contributed by atoms with van der Waals surface area (Å²) in [6.07, 6.45) is 7.77. The molecule has 0 unspecified atom stereocenters. The monoisotopic (exact) mass is 152 g/mol. The van der Waals surface area contributed by atoms with E-state index in [1.54, 1.807) is 6.08 Å². The van der Waals surface area contributed by atoms with E-state index in [2.05, 4.69) is 18.7 Å². The van der Waals surface area contributed by atoms with Crippen molar-refractivity contribution in [2.24, 2.45) is 0 Å². The van der Waals surface area contributed by atoms with Gasteiger partial charge in [0.25, 0.3) is 0 Å². The molecular formula is C9H12O2. The van der Waals surface area contributed by atoms with Gasteiger partial charge in [0.2, 0.25) is 0 Å². The van der Waals surface area contributed by atoms with Crippen molar-refractivity contribution < 1.29 is 9.47 Å². The van der Waals surface area contributed by atoms with E-state index in [-0.39, 0.29) is 12.2 Å². The molecule has 0 aromatic carbocycles. The molecule has 0 aromatic heterocycles. The van der Waals surface area contributed by atoms with Crippen LogP contribution in [0.2, 0.25) is 0 Å². The molecule has 0 amide bonds. The average Bonchev–Trinajstić information content (AvgIpc) is 2.60. The molecule has 2 heteroatoms. The van der Waals surface area contributed by atoms with Crippen molar-refractivity contribution in [2.75, 3.05) is 6.61 Å². The lowest BCUT2D eigenvalue weighted by Crippen LogP contribution is -2.22. The summed E-state index contributed by atoms with van der Waals surface area (Å²) in [6.45, 7) is 4.23. The fraction of sp³-hybridized carbons (Fsp3) is 0.556. The Morgan fingerprint density at radius 1 is 1.64 bits per heavy atom. The van der Waals surface area contributed by atoms with Gasteiger partial charge >= 0.3 is 0 Å². The molecule has 0 saturated carbocycles. The third kappa shape index (κ3) is 1.24. The van der Waals surface area contributed by atoms with E-state index in [1.807, 2.05) is 0 Å². The van der Waals surface area contributed by atoms with Crippen molar-refractivity contribution in [1.29, 1.82) is 0 Å². The fourth-order valence-corrected chi connectivity index (χ4v) is 1.59. The van der Waals surface area contributed by atoms with Crippen LogP contribution in [-0.2, 0) is 9.47 Å². The number of ether oxygens (including phenoxy) is 2. The lowest BCUT2D eigenvalue weighted by atomic mass is 10.1. The van der Waals surface area contributed by atoms with Crippen molar-refractivity contribution >= 4 is 0 Å². The molecule has 0 aliphatic carbocycles. The van der Waals surface area contributed by atoms with E-state index in [0.29, 0.717) is 12.7 Å². The van der Waals surface area contributed by atoms with Crippen LogP contribution in [-0.4, -0.2) is 24.9 Å². The van der Waals surface area contributed by atoms with Crippen LogP contribution >= 0.6 is 0 Å². The molecule has 2 heterocycles. The molecule has 3 atom stereocenters. The Kier molecular flexibility index (Phi) is 1.80. The number of hydrogen-bond donors (Lipinski definition) is 0. The van der Waals surface area contributed by atoms with Crippen molar-refractivity contribution in [3.8, 4) is 0 Å². The smallest absolute Gasteiger partial charge is 0.103 e. The molecule has 0 spiro atoms. The maximum Gasteiger partial charge on any atom is 0.103 e. The van der Waals surface area contributed by atoms with E-state index in [1.165, 1.54) is 0 Å². The fourth-order valence-electron chi connectivity index (χ4n) is 1.59. The highest BCUT2D eigenvalue weighted by atomic mass is 16.6. The zero-order chi connectivity index (χ0) is 7.68. The standard InChI is InChI=1S/C9H12O2/c1-2-5-10-9-6-7-3-4-8(9)11-7/h2-4,7-9H,1,5-6H2/t7-,8+,9+/m1/s1. The molecule has 1 saturated heterocycles. The lowest BCUT2D eigenvalue weighted by Gasteiger charge is -2.14. The maximum absolute atomic E-state index is 5.51. The van der Waals surface area contributed by atoms with E-state index in [9.17, 15) is 0 Å². The second-order valence-electron chi connectivity index (χ2n) is 2.92. The zero-order valence-corrected chi connectivity index (χ0v) is 6.40. The zero-order valence-electron chi connectivity index (χ0n) is 6.40. The highest BCUT2D eigenvalue weighted by molar-refractivity contribution is 5.11. The molecular weight excluding hydrogens is 140 g/mol. The highest BCUT2D eigenvalue weighted by Gasteiger charge is 2.36. The first-order valence-electron chi connectivity index (χ1n) is 3.96. The average molecular weight is 152 g/mol. The van der Waals surface area contributed by atoms with Gasteiger partial charge < -0.3 is 9.47 Å². The normalized spacial score (nSPS) is 39.8. The van der Waals surface area contributed by atoms with Crippen LogP contribution in [0.4, 0.5) is 0 Å². The SMILES string of the molecule is C=CCO[C@H]1C[C@H]2C=C[C@@H]1O2. The summed E-state index contributed by atoms with van der Waals surface area (Å²) >= 11 is 0. The van der Waals surface area contributed by atoms with Crippen LogP contribution < -0.4 is 0 Å². The van der Waals surface area contributed by atoms with Crippen LogP contribution in [0.5, 0.6) is 0 Å². The Bertz CT molecular complexity index is 186. The van der Waals surface area contributed by atoms with Gasteiger partial charge in [0.05, 0.1) is 18.8 Å². The van der Waals surface area contributed by atoms with Crippen molar-refractivity contribution in [2.45, 2.75) is 24.7 Å². The molecule has 1 fully saturated rings. The summed E-state index contributed by atoms with van der Waals surface area (Å²) in [5.74, 6) is 0. The summed E-state index contributed by atoms with van der Waals surface area (Å²) in [6, 6.07) is 0. The Labute approximate surface area is 66.5 Å². The maximum atomic E-state index is 5.51. The summed E-state index contributed by atoms with van der Waals surface area (Å²) in [5.41, 5.74) is 0. The third-order valence-electron chi connectivity index (χ3n) is 2.11. The lowest BCUT2D eigenvalue weighted by molar-refractivity contribution is 0.0259. The molecule has 2 aliphatic heterocycles. The second kappa shape index (κ2) is 2.80. The number of fused-ring (bicyclic) bond motifs is 2. The van der Waals surface area contributed by atoms with Crippen LogP contribution in [0.15, 0.2) is 24.8 Å². The summed E-state index contributed by atoms with van der Waals surface area (Å²) in [7, 11) is 0. The first-order chi connectivity index (χ1) is 5.40. The Morgan fingerprint density at radius 2 is 2.55 bits per heavy atom. The first-order valence-corrected chi connectivity index (χ1v) is 3.96. The molecule has 2 rings (SSSR count). The van der Waals surface area contributed by atoms with Crippen LogP contribution in [0.1, 0.15) is 6.42 Å². The predicted molar refractivity (Wildman–Crippen MR) is 42.4 cm³/mol. The van der Waals surface area contributed by atoms with Gasteiger partial charge in [-0.15, -0.1) is 6.58 Å². The van der Waals surface area contributed by atoms with Crippen LogP contribution in [0.3, 0.4) is 0 Å². The second-order valence-corrected chi connectivity index (χ2v) is 2.92. The van der Waals surface area contributed by atoms with Gasteiger partial charge in [-0.3, -0.25) is 0 Å². The molecule has 0 aromatic rings. The van der Waals surface area contributed by atoms with Gasteiger partial charge in [0.15, 0.2) is 0 Å². The quantitative estimate of drug-likeness (QED) is 0.567. The van der Waals surface area contributed by atoms with Crippen molar-refractivity contribution in [1.82, 2.24) is 0 Å². The molecule has 60 valence electrons. The third-order valence-corrected chi connectivity index (χ3v) is 2.11. The van der Waals surface area contributed by atoms with Gasteiger partial charge in [-0.25, -0.2) is 0 Å². The molecule has 11 heavy (non-hydrogen) atoms. The largest absolute Gasteiger partial charge is 0.371 e. The van der Waals surface area contributed by atoms with Gasteiger partial charge in [-0.2, -0.15) is 0 Å². The van der Waals surface area contributed by atoms with E-state index < -0.39 is 0 Å². The van der Waals surface area contributed by atoms with Crippen LogP contribution in [0.25, 0.3) is 0 Å². The Morgan fingerprint density at radius 3 is 3.09 bits per heavy atom. The van der Waals surface area contributed by atoms with Gasteiger partial charge in [-0.05, 0) is 0 Å². The minimum atomic E-state index is 0.208.